The number of pyridine rings is 1. The van der Waals surface area contributed by atoms with Crippen molar-refractivity contribution in [3.63, 3.8) is 0 Å². The van der Waals surface area contributed by atoms with Crippen LogP contribution < -0.4 is 5.56 Å². The van der Waals surface area contributed by atoms with E-state index in [0.29, 0.717) is 17.1 Å². The van der Waals surface area contributed by atoms with Crippen molar-refractivity contribution in [2.24, 2.45) is 0 Å². The first-order valence-corrected chi connectivity index (χ1v) is 7.79. The van der Waals surface area contributed by atoms with Crippen LogP contribution in [0.1, 0.15) is 34.2 Å². The molecule has 0 amide bonds. The average molecular weight is 341 g/mol. The van der Waals surface area contributed by atoms with E-state index in [-0.39, 0.29) is 22.4 Å². The molecule has 3 rings (SSSR count). The molecule has 0 aliphatic rings. The Morgan fingerprint density at radius 1 is 1.20 bits per heavy atom. The highest BCUT2D eigenvalue weighted by atomic mass is 16.3. The van der Waals surface area contributed by atoms with Crippen LogP contribution in [0.5, 0.6) is 5.75 Å². The topological polar surface area (TPSA) is 111 Å². The van der Waals surface area contributed by atoms with Gasteiger partial charge in [-0.3, -0.25) is 14.9 Å². The Labute approximate surface area is 143 Å². The van der Waals surface area contributed by atoms with Gasteiger partial charge in [-0.05, 0) is 26.0 Å². The van der Waals surface area contributed by atoms with Gasteiger partial charge in [0, 0.05) is 23.0 Å². The number of aromatic hydroxyl groups is 1. The molecule has 1 aromatic carbocycles. The Bertz CT molecular complexity index is 960. The third kappa shape index (κ3) is 2.84. The molecule has 1 atom stereocenters. The van der Waals surface area contributed by atoms with E-state index in [1.807, 2.05) is 6.07 Å². The highest BCUT2D eigenvalue weighted by Crippen LogP contribution is 2.33. The number of rotatable bonds is 4. The number of aromatic nitrogens is 3. The van der Waals surface area contributed by atoms with Crippen LogP contribution in [0.3, 0.4) is 0 Å². The van der Waals surface area contributed by atoms with Gasteiger partial charge in [0.1, 0.15) is 11.9 Å². The van der Waals surface area contributed by atoms with Crippen molar-refractivity contribution in [1.82, 2.24) is 14.8 Å². The number of aryl methyl sites for hydroxylation is 2. The van der Waals surface area contributed by atoms with E-state index in [1.165, 1.54) is 10.9 Å². The minimum absolute atomic E-state index is 0.0920. The molecule has 0 radical (unpaired) electrons. The van der Waals surface area contributed by atoms with E-state index in [4.69, 9.17) is 0 Å². The Kier molecular flexibility index (Phi) is 4.43. The first kappa shape index (κ1) is 16.9. The Morgan fingerprint density at radius 2 is 1.88 bits per heavy atom. The number of aliphatic hydroxyl groups excluding tert-OH is 2. The highest BCUT2D eigenvalue weighted by Gasteiger charge is 2.27. The molecule has 3 aromatic rings. The first-order valence-electron chi connectivity index (χ1n) is 7.79. The van der Waals surface area contributed by atoms with Gasteiger partial charge in [-0.1, -0.05) is 18.2 Å². The second-order valence-electron chi connectivity index (χ2n) is 5.82. The summed E-state index contributed by atoms with van der Waals surface area (Å²) in [5.74, 6) is -0.231. The molecule has 0 spiro atoms. The van der Waals surface area contributed by atoms with Gasteiger partial charge in [0.15, 0.2) is 0 Å². The van der Waals surface area contributed by atoms with E-state index in [1.54, 1.807) is 38.1 Å². The van der Waals surface area contributed by atoms with Gasteiger partial charge in [-0.25, -0.2) is 4.68 Å². The fraction of sp³-hybridized carbons (Fsp3) is 0.222. The van der Waals surface area contributed by atoms with Crippen molar-refractivity contribution in [1.29, 1.82) is 0 Å². The summed E-state index contributed by atoms with van der Waals surface area (Å²) in [6, 6.07) is 8.97. The van der Waals surface area contributed by atoms with Crippen LogP contribution in [0.4, 0.5) is 0 Å². The van der Waals surface area contributed by atoms with Gasteiger partial charge in [0.05, 0.1) is 23.6 Å². The number of nitrogens with one attached hydrogen (secondary N) is 1. The predicted octanol–water partition coefficient (Wildman–Crippen LogP) is 1.46. The molecular weight excluding hydrogens is 322 g/mol. The Hall–Kier alpha value is -2.90. The zero-order valence-corrected chi connectivity index (χ0v) is 13.9. The van der Waals surface area contributed by atoms with Crippen LogP contribution in [0, 0.1) is 13.8 Å². The van der Waals surface area contributed by atoms with Gasteiger partial charge in [-0.2, -0.15) is 0 Å². The third-order valence-electron chi connectivity index (χ3n) is 4.21. The van der Waals surface area contributed by atoms with E-state index in [2.05, 4.69) is 10.1 Å². The SMILES string of the molecule is Cc1ncc(CO)c(C(O)c2c(C)[nH]n(-c3ccccc3)c2=O)c1O. The summed E-state index contributed by atoms with van der Waals surface area (Å²) in [6.07, 6.45) is -0.0109. The van der Waals surface area contributed by atoms with E-state index < -0.39 is 18.3 Å². The van der Waals surface area contributed by atoms with Crippen molar-refractivity contribution in [2.45, 2.75) is 26.6 Å². The fourth-order valence-electron chi connectivity index (χ4n) is 2.87. The third-order valence-corrected chi connectivity index (χ3v) is 4.21. The van der Waals surface area contributed by atoms with Gasteiger partial charge >= 0.3 is 0 Å². The first-order chi connectivity index (χ1) is 12.0. The summed E-state index contributed by atoms with van der Waals surface area (Å²) in [7, 11) is 0. The molecule has 2 heterocycles. The van der Waals surface area contributed by atoms with Gasteiger partial charge in [0.2, 0.25) is 0 Å². The average Bonchev–Trinajstić information content (AvgIpc) is 2.92. The summed E-state index contributed by atoms with van der Waals surface area (Å²) in [5, 5.41) is 33.5. The van der Waals surface area contributed by atoms with Crippen LogP contribution in [0.15, 0.2) is 41.3 Å². The van der Waals surface area contributed by atoms with Crippen LogP contribution in [-0.2, 0) is 6.61 Å². The second kappa shape index (κ2) is 6.54. The molecule has 7 nitrogen and oxygen atoms in total. The monoisotopic (exact) mass is 341 g/mol. The molecular formula is C18H19N3O4. The number of para-hydroxylation sites is 1. The van der Waals surface area contributed by atoms with Gasteiger partial charge in [-0.15, -0.1) is 0 Å². The number of H-pyrrole nitrogens is 1. The Balaban J connectivity index is 2.17. The smallest absolute Gasteiger partial charge is 0.277 e. The number of hydrogen-bond acceptors (Lipinski definition) is 5. The molecule has 0 aliphatic heterocycles. The molecule has 0 fully saturated rings. The number of nitrogens with zero attached hydrogens (tertiary/aromatic N) is 2. The lowest BCUT2D eigenvalue weighted by Gasteiger charge is -2.16. The molecule has 7 heteroatoms. The Morgan fingerprint density at radius 3 is 2.52 bits per heavy atom. The van der Waals surface area contributed by atoms with Crippen LogP contribution in [0.25, 0.3) is 5.69 Å². The standard InChI is InChI=1S/C18H19N3O4/c1-10-14(18(25)21(20-10)13-6-4-3-5-7-13)17(24)15-12(9-22)8-19-11(2)16(15)23/h3-8,17,20,22-24H,9H2,1-2H3. The molecule has 0 saturated heterocycles. The van der Waals surface area contributed by atoms with Crippen molar-refractivity contribution < 1.29 is 15.3 Å². The molecule has 4 N–H and O–H groups in total. The summed E-state index contributed by atoms with van der Waals surface area (Å²) >= 11 is 0. The summed E-state index contributed by atoms with van der Waals surface area (Å²) in [6.45, 7) is 2.84. The summed E-state index contributed by atoms with van der Waals surface area (Å²) < 4.78 is 1.33. The maximum absolute atomic E-state index is 12.8. The maximum Gasteiger partial charge on any atom is 0.277 e. The minimum atomic E-state index is -1.39. The zero-order chi connectivity index (χ0) is 18.1. The van der Waals surface area contributed by atoms with E-state index in [9.17, 15) is 20.1 Å². The molecule has 0 saturated carbocycles. The van der Waals surface area contributed by atoms with Crippen LogP contribution in [0.2, 0.25) is 0 Å². The largest absolute Gasteiger partial charge is 0.506 e. The van der Waals surface area contributed by atoms with Crippen molar-refractivity contribution in [2.75, 3.05) is 0 Å². The molecule has 1 unspecified atom stereocenters. The zero-order valence-electron chi connectivity index (χ0n) is 13.9. The summed E-state index contributed by atoms with van der Waals surface area (Å²) in [5.41, 5.74) is 1.46. The quantitative estimate of drug-likeness (QED) is 0.574. The molecule has 2 aromatic heterocycles. The van der Waals surface area contributed by atoms with Gasteiger partial charge in [0.25, 0.3) is 5.56 Å². The predicted molar refractivity (Wildman–Crippen MR) is 91.8 cm³/mol. The van der Waals surface area contributed by atoms with Gasteiger partial charge < -0.3 is 15.3 Å². The lowest BCUT2D eigenvalue weighted by molar-refractivity contribution is 0.205. The molecule has 130 valence electrons. The summed E-state index contributed by atoms with van der Waals surface area (Å²) in [4.78, 5) is 16.8. The number of aliphatic hydroxyl groups is 2. The van der Waals surface area contributed by atoms with Crippen molar-refractivity contribution in [3.8, 4) is 11.4 Å². The molecule has 0 bridgehead atoms. The lowest BCUT2D eigenvalue weighted by Crippen LogP contribution is -2.20. The van der Waals surface area contributed by atoms with Crippen LogP contribution in [-0.4, -0.2) is 30.1 Å². The number of aromatic amines is 1. The lowest BCUT2D eigenvalue weighted by atomic mass is 9.97. The normalized spacial score (nSPS) is 12.3. The highest BCUT2D eigenvalue weighted by molar-refractivity contribution is 5.47. The van der Waals surface area contributed by atoms with Crippen LogP contribution >= 0.6 is 0 Å². The number of benzene rings is 1. The molecule has 25 heavy (non-hydrogen) atoms. The van der Waals surface area contributed by atoms with Crippen molar-refractivity contribution >= 4 is 0 Å². The minimum Gasteiger partial charge on any atom is -0.506 e. The van der Waals surface area contributed by atoms with E-state index >= 15 is 0 Å². The number of hydrogen-bond donors (Lipinski definition) is 4. The fourth-order valence-corrected chi connectivity index (χ4v) is 2.87. The maximum atomic E-state index is 12.8. The second-order valence-corrected chi connectivity index (χ2v) is 5.82. The van der Waals surface area contributed by atoms with E-state index in [0.717, 1.165) is 0 Å². The van der Waals surface area contributed by atoms with Crippen molar-refractivity contribution in [3.05, 3.63) is 75.0 Å². The molecule has 0 aliphatic carbocycles.